The number of nitrogens with one attached hydrogen (secondary N) is 2. The number of carbonyl (C=O) groups excluding carboxylic acids is 1. The summed E-state index contributed by atoms with van der Waals surface area (Å²) in [6.07, 6.45) is 7.06. The number of piperidine rings is 1. The Morgan fingerprint density at radius 3 is 2.30 bits per heavy atom. The van der Waals surface area contributed by atoms with Crippen molar-refractivity contribution in [1.82, 2.24) is 10.6 Å². The molecule has 5 heteroatoms. The van der Waals surface area contributed by atoms with Crippen LogP contribution in [0.2, 0.25) is 0 Å². The summed E-state index contributed by atoms with van der Waals surface area (Å²) in [4.78, 5) is 24.1. The Morgan fingerprint density at radius 2 is 1.70 bits per heavy atom. The molecule has 1 aliphatic heterocycles. The summed E-state index contributed by atoms with van der Waals surface area (Å²) in [5, 5.41) is 15.7. The number of hydrogen-bond acceptors (Lipinski definition) is 3. The molecule has 1 atom stereocenters. The fourth-order valence-corrected chi connectivity index (χ4v) is 4.07. The number of rotatable bonds is 3. The minimum absolute atomic E-state index is 0.0174. The predicted octanol–water partition coefficient (Wildman–Crippen LogP) is 1.28. The molecule has 2 aliphatic carbocycles. The van der Waals surface area contributed by atoms with E-state index in [1.807, 2.05) is 0 Å². The van der Waals surface area contributed by atoms with Crippen LogP contribution in [0.3, 0.4) is 0 Å². The van der Waals surface area contributed by atoms with E-state index in [-0.39, 0.29) is 17.2 Å². The highest BCUT2D eigenvalue weighted by atomic mass is 16.4. The first-order valence-corrected chi connectivity index (χ1v) is 7.84. The number of carbonyl (C=O) groups is 2. The third-order valence-corrected chi connectivity index (χ3v) is 5.58. The average molecular weight is 280 g/mol. The number of aliphatic carboxylic acids is 1. The van der Waals surface area contributed by atoms with E-state index < -0.39 is 11.5 Å². The molecule has 1 amide bonds. The molecule has 20 heavy (non-hydrogen) atoms. The Balaban J connectivity index is 1.64. The summed E-state index contributed by atoms with van der Waals surface area (Å²) >= 11 is 0. The molecule has 3 rings (SSSR count). The number of amides is 1. The average Bonchev–Trinajstić information content (AvgIpc) is 3.14. The van der Waals surface area contributed by atoms with E-state index in [1.165, 1.54) is 0 Å². The van der Waals surface area contributed by atoms with Gasteiger partial charge >= 0.3 is 5.97 Å². The first kappa shape index (κ1) is 13.9. The van der Waals surface area contributed by atoms with Crippen LogP contribution in [-0.2, 0) is 9.59 Å². The molecule has 5 nitrogen and oxygen atoms in total. The van der Waals surface area contributed by atoms with Gasteiger partial charge in [0.15, 0.2) is 0 Å². The SMILES string of the molecule is O=C(NC1(C(=O)O)CCCCC1)C1CC12CCNCC2. The molecule has 0 bridgehead atoms. The van der Waals surface area contributed by atoms with Gasteiger partial charge in [-0.2, -0.15) is 0 Å². The lowest BCUT2D eigenvalue weighted by Crippen LogP contribution is -2.56. The van der Waals surface area contributed by atoms with Crippen molar-refractivity contribution in [3.63, 3.8) is 0 Å². The van der Waals surface area contributed by atoms with Gasteiger partial charge in [0.1, 0.15) is 5.54 Å². The number of carboxylic acids is 1. The molecule has 0 aromatic carbocycles. The maximum atomic E-state index is 12.5. The second-order valence-corrected chi connectivity index (χ2v) is 6.81. The number of carboxylic acid groups (broad SMARTS) is 1. The highest BCUT2D eigenvalue weighted by Gasteiger charge is 2.59. The molecule has 2 saturated carbocycles. The van der Waals surface area contributed by atoms with Crippen LogP contribution in [0.25, 0.3) is 0 Å². The molecule has 0 aromatic rings. The molecule has 3 N–H and O–H groups in total. The lowest BCUT2D eigenvalue weighted by molar-refractivity contribution is -0.149. The fourth-order valence-electron chi connectivity index (χ4n) is 4.07. The fraction of sp³-hybridized carbons (Fsp3) is 0.867. The van der Waals surface area contributed by atoms with E-state index in [1.54, 1.807) is 0 Å². The van der Waals surface area contributed by atoms with Crippen LogP contribution < -0.4 is 10.6 Å². The monoisotopic (exact) mass is 280 g/mol. The van der Waals surface area contributed by atoms with E-state index in [4.69, 9.17) is 0 Å². The third-order valence-electron chi connectivity index (χ3n) is 5.58. The van der Waals surface area contributed by atoms with E-state index in [0.29, 0.717) is 12.8 Å². The second kappa shape index (κ2) is 5.02. The van der Waals surface area contributed by atoms with Crippen molar-refractivity contribution in [2.24, 2.45) is 11.3 Å². The first-order chi connectivity index (χ1) is 9.58. The summed E-state index contributed by atoms with van der Waals surface area (Å²) in [5.41, 5.74) is -0.824. The van der Waals surface area contributed by atoms with Gasteiger partial charge in [-0.15, -0.1) is 0 Å². The smallest absolute Gasteiger partial charge is 0.329 e. The van der Waals surface area contributed by atoms with Gasteiger partial charge < -0.3 is 15.7 Å². The lowest BCUT2D eigenvalue weighted by Gasteiger charge is -2.34. The summed E-state index contributed by atoms with van der Waals surface area (Å²) in [6, 6.07) is 0. The van der Waals surface area contributed by atoms with E-state index in [2.05, 4.69) is 10.6 Å². The van der Waals surface area contributed by atoms with Crippen molar-refractivity contribution in [2.75, 3.05) is 13.1 Å². The third kappa shape index (κ3) is 2.32. The van der Waals surface area contributed by atoms with Crippen LogP contribution in [0, 0.1) is 11.3 Å². The summed E-state index contributed by atoms with van der Waals surface area (Å²) in [5.74, 6) is -0.829. The van der Waals surface area contributed by atoms with Crippen LogP contribution >= 0.6 is 0 Å². The molecule has 1 saturated heterocycles. The Bertz CT molecular complexity index is 409. The van der Waals surface area contributed by atoms with Gasteiger partial charge in [0.25, 0.3) is 0 Å². The first-order valence-electron chi connectivity index (χ1n) is 7.84. The zero-order valence-electron chi connectivity index (χ0n) is 11.9. The maximum absolute atomic E-state index is 12.5. The Morgan fingerprint density at radius 1 is 1.05 bits per heavy atom. The number of hydrogen-bond donors (Lipinski definition) is 3. The van der Waals surface area contributed by atoms with Gasteiger partial charge in [-0.3, -0.25) is 4.79 Å². The van der Waals surface area contributed by atoms with Crippen molar-refractivity contribution in [3.05, 3.63) is 0 Å². The van der Waals surface area contributed by atoms with E-state index in [0.717, 1.165) is 51.6 Å². The van der Waals surface area contributed by atoms with E-state index in [9.17, 15) is 14.7 Å². The highest BCUT2D eigenvalue weighted by Crippen LogP contribution is 2.58. The second-order valence-electron chi connectivity index (χ2n) is 6.81. The van der Waals surface area contributed by atoms with Gasteiger partial charge in [0.2, 0.25) is 5.91 Å². The zero-order chi connectivity index (χ0) is 14.2. The summed E-state index contributed by atoms with van der Waals surface area (Å²) in [7, 11) is 0. The topological polar surface area (TPSA) is 78.4 Å². The molecular weight excluding hydrogens is 256 g/mol. The summed E-state index contributed by atoms with van der Waals surface area (Å²) in [6.45, 7) is 1.96. The Kier molecular flexibility index (Phi) is 3.48. The van der Waals surface area contributed by atoms with Crippen LogP contribution in [0.15, 0.2) is 0 Å². The largest absolute Gasteiger partial charge is 0.480 e. The lowest BCUT2D eigenvalue weighted by atomic mass is 9.81. The van der Waals surface area contributed by atoms with Crippen molar-refractivity contribution >= 4 is 11.9 Å². The Labute approximate surface area is 119 Å². The van der Waals surface area contributed by atoms with Crippen molar-refractivity contribution in [3.8, 4) is 0 Å². The molecule has 1 heterocycles. The molecular formula is C15H24N2O3. The van der Waals surface area contributed by atoms with Crippen LogP contribution in [0.5, 0.6) is 0 Å². The normalized spacial score (nSPS) is 30.7. The van der Waals surface area contributed by atoms with Crippen LogP contribution in [0.1, 0.15) is 51.4 Å². The van der Waals surface area contributed by atoms with Gasteiger partial charge in [0, 0.05) is 5.92 Å². The van der Waals surface area contributed by atoms with Gasteiger partial charge in [-0.05, 0) is 50.6 Å². The van der Waals surface area contributed by atoms with E-state index >= 15 is 0 Å². The molecule has 1 unspecified atom stereocenters. The maximum Gasteiger partial charge on any atom is 0.329 e. The zero-order valence-corrected chi connectivity index (χ0v) is 11.9. The van der Waals surface area contributed by atoms with Crippen molar-refractivity contribution in [1.29, 1.82) is 0 Å². The quantitative estimate of drug-likeness (QED) is 0.727. The van der Waals surface area contributed by atoms with Crippen molar-refractivity contribution < 1.29 is 14.7 Å². The van der Waals surface area contributed by atoms with Gasteiger partial charge in [0.05, 0.1) is 0 Å². The van der Waals surface area contributed by atoms with Gasteiger partial charge in [-0.1, -0.05) is 19.3 Å². The Hall–Kier alpha value is -1.10. The molecule has 112 valence electrons. The molecule has 0 radical (unpaired) electrons. The predicted molar refractivity (Wildman–Crippen MR) is 74.2 cm³/mol. The molecule has 3 fully saturated rings. The van der Waals surface area contributed by atoms with Crippen LogP contribution in [-0.4, -0.2) is 35.6 Å². The molecule has 1 spiro atoms. The standard InChI is InChI=1S/C15H24N2O3/c18-12(11-10-14(11)6-8-16-9-7-14)17-15(13(19)20)4-2-1-3-5-15/h11,16H,1-10H2,(H,17,18)(H,19,20). The molecule has 0 aromatic heterocycles. The highest BCUT2D eigenvalue weighted by molar-refractivity contribution is 5.90. The summed E-state index contributed by atoms with van der Waals surface area (Å²) < 4.78 is 0. The van der Waals surface area contributed by atoms with Crippen LogP contribution in [0.4, 0.5) is 0 Å². The minimum Gasteiger partial charge on any atom is -0.480 e. The van der Waals surface area contributed by atoms with Crippen molar-refractivity contribution in [2.45, 2.75) is 56.9 Å². The molecule has 3 aliphatic rings. The van der Waals surface area contributed by atoms with Gasteiger partial charge in [-0.25, -0.2) is 4.79 Å². The minimum atomic E-state index is -0.994.